The molecule has 1 aromatic rings. The zero-order valence-electron chi connectivity index (χ0n) is 15.6. The zero-order chi connectivity index (χ0) is 20.7. The van der Waals surface area contributed by atoms with Crippen molar-refractivity contribution in [3.8, 4) is 11.5 Å². The van der Waals surface area contributed by atoms with Crippen molar-refractivity contribution < 1.29 is 29.0 Å². The van der Waals surface area contributed by atoms with E-state index >= 15 is 0 Å². The lowest BCUT2D eigenvalue weighted by atomic mass is 9.63. The van der Waals surface area contributed by atoms with Gasteiger partial charge in [0, 0.05) is 0 Å². The van der Waals surface area contributed by atoms with Gasteiger partial charge in [0.2, 0.25) is 0 Å². The fraction of sp³-hybridized carbons (Fsp3) is 0.400. The minimum absolute atomic E-state index is 0.0933. The van der Waals surface area contributed by atoms with Crippen LogP contribution in [0.25, 0.3) is 0 Å². The van der Waals surface area contributed by atoms with Crippen molar-refractivity contribution in [3.05, 3.63) is 34.9 Å². The number of fused-ring (bicyclic) bond motifs is 1. The van der Waals surface area contributed by atoms with Crippen molar-refractivity contribution in [1.29, 1.82) is 0 Å². The number of carbonyl (C=O) groups excluding carboxylic acids is 2. The summed E-state index contributed by atoms with van der Waals surface area (Å²) < 4.78 is 10.4. The van der Waals surface area contributed by atoms with Gasteiger partial charge in [0.1, 0.15) is 0 Å². The van der Waals surface area contributed by atoms with Gasteiger partial charge in [0.15, 0.2) is 18.1 Å². The van der Waals surface area contributed by atoms with E-state index in [-0.39, 0.29) is 52.0 Å². The van der Waals surface area contributed by atoms with E-state index < -0.39 is 12.6 Å². The maximum atomic E-state index is 12.8. The van der Waals surface area contributed by atoms with Crippen LogP contribution >= 0.6 is 11.6 Å². The van der Waals surface area contributed by atoms with E-state index in [1.165, 1.54) is 25.5 Å². The van der Waals surface area contributed by atoms with Gasteiger partial charge >= 0.3 is 5.97 Å². The standard InChI is InChI=1S/C20H19ClN2O6/c1-28-14-7-10(6-13(21)18(14)29-9-15(24)25)8-22-23-19(26)16-11-2-3-12(5-4-11)17(16)20(23)27/h2-3,6-8,11-12,16-17H,4-5,9H2,1H3,(H,24,25)/b22-8-/t11-,12-,16-,17-/m0/s1. The molecule has 1 saturated carbocycles. The van der Waals surface area contributed by atoms with E-state index in [9.17, 15) is 14.4 Å². The number of hydrogen-bond acceptors (Lipinski definition) is 6. The summed E-state index contributed by atoms with van der Waals surface area (Å²) in [6.45, 7) is -0.570. The van der Waals surface area contributed by atoms with Gasteiger partial charge in [-0.15, -0.1) is 0 Å². The highest BCUT2D eigenvalue weighted by Crippen LogP contribution is 2.49. The minimum Gasteiger partial charge on any atom is -0.493 e. The van der Waals surface area contributed by atoms with Crippen molar-refractivity contribution in [2.45, 2.75) is 12.8 Å². The van der Waals surface area contributed by atoms with Crippen LogP contribution < -0.4 is 9.47 Å². The number of amides is 2. The molecule has 3 aliphatic carbocycles. The summed E-state index contributed by atoms with van der Waals surface area (Å²) >= 11 is 6.18. The molecule has 5 rings (SSSR count). The SMILES string of the molecule is COc1cc(/C=N\N2C(=O)[C@@H]3[C@@H](C2=O)[C@H]2C=C[C@H]3CC2)cc(Cl)c1OCC(=O)O. The monoisotopic (exact) mass is 418 g/mol. The lowest BCUT2D eigenvalue weighted by molar-refractivity contribution is -0.141. The van der Waals surface area contributed by atoms with E-state index in [2.05, 4.69) is 5.10 Å². The molecule has 152 valence electrons. The molecule has 0 unspecified atom stereocenters. The van der Waals surface area contributed by atoms with E-state index in [0.29, 0.717) is 5.56 Å². The summed E-state index contributed by atoms with van der Waals surface area (Å²) in [5.41, 5.74) is 0.478. The number of benzene rings is 1. The summed E-state index contributed by atoms with van der Waals surface area (Å²) in [4.78, 5) is 36.3. The fourth-order valence-electron chi connectivity index (χ4n) is 4.38. The highest BCUT2D eigenvalue weighted by atomic mass is 35.5. The molecule has 1 aliphatic heterocycles. The molecule has 1 N–H and O–H groups in total. The van der Waals surface area contributed by atoms with Gasteiger partial charge in [-0.25, -0.2) is 4.79 Å². The highest BCUT2D eigenvalue weighted by molar-refractivity contribution is 6.32. The van der Waals surface area contributed by atoms with Crippen molar-refractivity contribution >= 4 is 35.6 Å². The van der Waals surface area contributed by atoms with E-state index in [0.717, 1.165) is 17.9 Å². The van der Waals surface area contributed by atoms with Gasteiger partial charge in [-0.3, -0.25) is 9.59 Å². The molecule has 0 spiro atoms. The van der Waals surface area contributed by atoms with Gasteiger partial charge in [-0.05, 0) is 42.4 Å². The number of carbonyl (C=O) groups is 3. The van der Waals surface area contributed by atoms with E-state index in [4.69, 9.17) is 26.2 Å². The van der Waals surface area contributed by atoms with Crippen LogP contribution in [0.3, 0.4) is 0 Å². The molecule has 4 atom stereocenters. The second kappa shape index (κ2) is 7.51. The second-order valence-corrected chi connectivity index (χ2v) is 7.70. The number of halogens is 1. The molecule has 9 heteroatoms. The van der Waals surface area contributed by atoms with Crippen molar-refractivity contribution in [3.63, 3.8) is 0 Å². The molecule has 2 bridgehead atoms. The first-order valence-electron chi connectivity index (χ1n) is 9.23. The molecule has 2 amide bonds. The summed E-state index contributed by atoms with van der Waals surface area (Å²) in [7, 11) is 1.39. The number of ether oxygens (including phenoxy) is 2. The smallest absolute Gasteiger partial charge is 0.341 e. The molecular weight excluding hydrogens is 400 g/mol. The molecule has 2 fully saturated rings. The Morgan fingerprint density at radius 2 is 1.86 bits per heavy atom. The molecule has 1 saturated heterocycles. The molecule has 4 aliphatic rings. The molecule has 0 aromatic heterocycles. The Kier molecular flexibility index (Phi) is 5.04. The Hall–Kier alpha value is -2.87. The van der Waals surface area contributed by atoms with Crippen LogP contribution in [0.5, 0.6) is 11.5 Å². The molecular formula is C20H19ClN2O6. The van der Waals surface area contributed by atoms with E-state index in [1.54, 1.807) is 0 Å². The maximum Gasteiger partial charge on any atom is 0.341 e. The second-order valence-electron chi connectivity index (χ2n) is 7.29. The number of aliphatic carboxylic acids is 1. The average Bonchev–Trinajstić information content (AvgIpc) is 2.98. The predicted octanol–water partition coefficient (Wildman–Crippen LogP) is 2.34. The van der Waals surface area contributed by atoms with Crippen LogP contribution in [-0.4, -0.2) is 47.8 Å². The summed E-state index contributed by atoms with van der Waals surface area (Å²) in [6.07, 6.45) is 7.30. The zero-order valence-corrected chi connectivity index (χ0v) is 16.3. The maximum absolute atomic E-state index is 12.8. The van der Waals surface area contributed by atoms with Gasteiger partial charge in [0.25, 0.3) is 11.8 Å². The summed E-state index contributed by atoms with van der Waals surface area (Å²) in [5, 5.41) is 14.0. The third kappa shape index (κ3) is 3.37. The summed E-state index contributed by atoms with van der Waals surface area (Å²) in [6, 6.07) is 3.03. The van der Waals surface area contributed by atoms with Crippen molar-refractivity contribution in [2.24, 2.45) is 28.8 Å². The fourth-order valence-corrected chi connectivity index (χ4v) is 4.66. The number of imide groups is 1. The third-order valence-electron chi connectivity index (χ3n) is 5.65. The summed E-state index contributed by atoms with van der Waals surface area (Å²) in [5.74, 6) is -1.83. The Balaban J connectivity index is 1.56. The molecule has 8 nitrogen and oxygen atoms in total. The third-order valence-corrected chi connectivity index (χ3v) is 5.93. The van der Waals surface area contributed by atoms with Crippen molar-refractivity contribution in [2.75, 3.05) is 13.7 Å². The largest absolute Gasteiger partial charge is 0.493 e. The normalized spacial score (nSPS) is 27.6. The quantitative estimate of drug-likeness (QED) is 0.432. The Morgan fingerprint density at radius 3 is 2.38 bits per heavy atom. The van der Waals surface area contributed by atoms with Crippen LogP contribution in [0.15, 0.2) is 29.4 Å². The highest BCUT2D eigenvalue weighted by Gasteiger charge is 2.56. The van der Waals surface area contributed by atoms with Crippen LogP contribution in [-0.2, 0) is 14.4 Å². The topological polar surface area (TPSA) is 106 Å². The van der Waals surface area contributed by atoms with Gasteiger partial charge in [0.05, 0.1) is 30.2 Å². The lowest BCUT2D eigenvalue weighted by Crippen LogP contribution is -2.38. The molecule has 0 radical (unpaired) electrons. The Bertz CT molecular complexity index is 911. The van der Waals surface area contributed by atoms with E-state index in [1.807, 2.05) is 12.2 Å². The van der Waals surface area contributed by atoms with Crippen LogP contribution in [0.1, 0.15) is 18.4 Å². The Morgan fingerprint density at radius 1 is 1.24 bits per heavy atom. The molecule has 29 heavy (non-hydrogen) atoms. The lowest BCUT2D eigenvalue weighted by Gasteiger charge is -2.37. The van der Waals surface area contributed by atoms with Crippen LogP contribution in [0, 0.1) is 23.7 Å². The predicted molar refractivity (Wildman–Crippen MR) is 103 cm³/mol. The number of hydrogen-bond donors (Lipinski definition) is 1. The first-order chi connectivity index (χ1) is 13.9. The first kappa shape index (κ1) is 19.4. The van der Waals surface area contributed by atoms with Gasteiger partial charge in [-0.2, -0.15) is 10.1 Å². The van der Waals surface area contributed by atoms with Crippen LogP contribution in [0.4, 0.5) is 0 Å². The minimum atomic E-state index is -1.15. The van der Waals surface area contributed by atoms with Crippen molar-refractivity contribution in [1.82, 2.24) is 5.01 Å². The van der Waals surface area contributed by atoms with Gasteiger partial charge in [-0.1, -0.05) is 23.8 Å². The number of carboxylic acids is 1. The van der Waals surface area contributed by atoms with Crippen LogP contribution in [0.2, 0.25) is 5.02 Å². The van der Waals surface area contributed by atoms with Gasteiger partial charge < -0.3 is 14.6 Å². The number of nitrogens with zero attached hydrogens (tertiary/aromatic N) is 2. The number of methoxy groups -OCH3 is 1. The first-order valence-corrected chi connectivity index (χ1v) is 9.60. The number of carboxylic acid groups (broad SMARTS) is 1. The number of hydrazone groups is 1. The Labute approximate surface area is 171 Å². The molecule has 1 heterocycles. The molecule has 1 aromatic carbocycles. The number of rotatable bonds is 6. The average molecular weight is 419 g/mol. The number of allylic oxidation sites excluding steroid dienone is 2.